The molecule has 2 rings (SSSR count). The molecule has 0 N–H and O–H groups in total. The van der Waals surface area contributed by atoms with Gasteiger partial charge in [-0.15, -0.1) is 0 Å². The van der Waals surface area contributed by atoms with E-state index in [1.54, 1.807) is 0 Å². The van der Waals surface area contributed by atoms with Crippen LogP contribution in [0.25, 0.3) is 0 Å². The van der Waals surface area contributed by atoms with Gasteiger partial charge in [-0.1, -0.05) is 77.5 Å². The Morgan fingerprint density at radius 1 is 0.958 bits per heavy atom. The molecule has 0 aromatic heterocycles. The zero-order valence-electron chi connectivity index (χ0n) is 16.0. The van der Waals surface area contributed by atoms with Crippen LogP contribution >= 0.6 is 0 Å². The van der Waals surface area contributed by atoms with Crippen molar-refractivity contribution >= 4 is 8.32 Å². The average molecular weight is 349 g/mol. The van der Waals surface area contributed by atoms with Gasteiger partial charge in [-0.3, -0.25) is 0 Å². The fourth-order valence-corrected chi connectivity index (χ4v) is 8.73. The number of benzene rings is 1. The monoisotopic (exact) mass is 348 g/mol. The van der Waals surface area contributed by atoms with Crippen molar-refractivity contribution in [2.45, 2.75) is 90.0 Å². The van der Waals surface area contributed by atoms with Gasteiger partial charge in [0.05, 0.1) is 12.7 Å². The van der Waals surface area contributed by atoms with Crippen LogP contribution in [0.1, 0.15) is 77.4 Å². The maximum atomic E-state index is 7.07. The second-order valence-corrected chi connectivity index (χ2v) is 11.4. The third kappa shape index (κ3) is 5.35. The molecule has 2 nitrogen and oxygen atoms in total. The van der Waals surface area contributed by atoms with Crippen LogP contribution in [0.4, 0.5) is 0 Å². The Bertz CT molecular complexity index is 453. The lowest BCUT2D eigenvalue weighted by atomic mass is 10.0. The molecule has 0 saturated heterocycles. The number of unbranched alkanes of at least 4 members (excludes halogenated alkanes) is 3. The molecule has 1 aliphatic heterocycles. The molecule has 1 aromatic rings. The molecular formula is C21H36O2Si. The Morgan fingerprint density at radius 2 is 1.54 bits per heavy atom. The van der Waals surface area contributed by atoms with Gasteiger partial charge in [0.15, 0.2) is 8.32 Å². The van der Waals surface area contributed by atoms with Crippen LogP contribution in [-0.2, 0) is 4.43 Å². The molecule has 136 valence electrons. The van der Waals surface area contributed by atoms with Gasteiger partial charge >= 0.3 is 0 Å². The lowest BCUT2D eigenvalue weighted by Gasteiger charge is -2.38. The van der Waals surface area contributed by atoms with Crippen molar-refractivity contribution < 1.29 is 9.16 Å². The summed E-state index contributed by atoms with van der Waals surface area (Å²) in [6.07, 6.45) is 9.07. The predicted octanol–water partition coefficient (Wildman–Crippen LogP) is 6.87. The van der Waals surface area contributed by atoms with E-state index >= 15 is 0 Å². The van der Waals surface area contributed by atoms with Gasteiger partial charge in [-0.2, -0.15) is 0 Å². The second kappa shape index (κ2) is 10.2. The highest BCUT2D eigenvalue weighted by atomic mass is 28.4. The third-order valence-corrected chi connectivity index (χ3v) is 9.83. The fraction of sp³-hybridized carbons (Fsp3) is 0.714. The smallest absolute Gasteiger partial charge is 0.193 e. The summed E-state index contributed by atoms with van der Waals surface area (Å²) in [5, 5.41) is 0. The van der Waals surface area contributed by atoms with Crippen LogP contribution < -0.4 is 4.74 Å². The Balaban J connectivity index is 2.19. The van der Waals surface area contributed by atoms with Crippen LogP contribution in [-0.4, -0.2) is 14.9 Å². The maximum Gasteiger partial charge on any atom is 0.193 e. The van der Waals surface area contributed by atoms with Gasteiger partial charge in [0, 0.05) is 12.0 Å². The van der Waals surface area contributed by atoms with E-state index in [0.29, 0.717) is 0 Å². The average Bonchev–Trinajstić information content (AvgIpc) is 2.63. The van der Waals surface area contributed by atoms with E-state index in [0.717, 1.165) is 18.8 Å². The number of hydrogen-bond donors (Lipinski definition) is 0. The summed E-state index contributed by atoms with van der Waals surface area (Å²) in [6.45, 7) is 7.72. The molecule has 0 fully saturated rings. The van der Waals surface area contributed by atoms with Crippen LogP contribution in [0, 0.1) is 0 Å². The van der Waals surface area contributed by atoms with Gasteiger partial charge in [0.25, 0.3) is 0 Å². The van der Waals surface area contributed by atoms with E-state index < -0.39 is 8.32 Å². The van der Waals surface area contributed by atoms with Crippen molar-refractivity contribution in [3.63, 3.8) is 0 Å². The van der Waals surface area contributed by atoms with E-state index in [4.69, 9.17) is 9.16 Å². The first kappa shape index (κ1) is 19.5. The lowest BCUT2D eigenvalue weighted by Crippen LogP contribution is -2.40. The molecule has 0 saturated carbocycles. The highest BCUT2D eigenvalue weighted by Gasteiger charge is 2.37. The van der Waals surface area contributed by atoms with Crippen molar-refractivity contribution in [2.75, 3.05) is 6.61 Å². The normalized spacial score (nSPS) is 17.4. The Hall–Kier alpha value is -0.803. The van der Waals surface area contributed by atoms with Crippen molar-refractivity contribution in [1.29, 1.82) is 0 Å². The minimum atomic E-state index is -1.67. The summed E-state index contributed by atoms with van der Waals surface area (Å²) >= 11 is 0. The van der Waals surface area contributed by atoms with Crippen molar-refractivity contribution in [3.8, 4) is 5.75 Å². The van der Waals surface area contributed by atoms with Crippen LogP contribution in [0.5, 0.6) is 5.75 Å². The topological polar surface area (TPSA) is 18.5 Å². The second-order valence-electron chi connectivity index (χ2n) is 7.28. The summed E-state index contributed by atoms with van der Waals surface area (Å²) in [5.74, 6) is 1.04. The van der Waals surface area contributed by atoms with Crippen LogP contribution in [0.2, 0.25) is 18.1 Å². The molecule has 1 aromatic carbocycles. The molecule has 1 aliphatic rings. The molecule has 24 heavy (non-hydrogen) atoms. The summed E-state index contributed by atoms with van der Waals surface area (Å²) in [5.41, 5.74) is 1.28. The Labute approximate surface area is 150 Å². The highest BCUT2D eigenvalue weighted by molar-refractivity contribution is 6.73. The first-order valence-electron chi connectivity index (χ1n) is 10.1. The van der Waals surface area contributed by atoms with E-state index in [2.05, 4.69) is 45.0 Å². The SMILES string of the molecule is CCCC[Si](CCCC)(CCCC)O[C@H]1CCOc2ccccc21. The molecule has 0 spiro atoms. The van der Waals surface area contributed by atoms with Crippen molar-refractivity contribution in [3.05, 3.63) is 29.8 Å². The number of hydrogen-bond acceptors (Lipinski definition) is 2. The molecule has 0 amide bonds. The summed E-state index contributed by atoms with van der Waals surface area (Å²) in [6, 6.07) is 12.5. The molecule has 0 aliphatic carbocycles. The first-order valence-corrected chi connectivity index (χ1v) is 12.7. The van der Waals surface area contributed by atoms with Gasteiger partial charge in [0.1, 0.15) is 5.75 Å². The number of fused-ring (bicyclic) bond motifs is 1. The molecule has 0 unspecified atom stereocenters. The lowest BCUT2D eigenvalue weighted by molar-refractivity contribution is 0.124. The highest BCUT2D eigenvalue weighted by Crippen LogP contribution is 2.40. The van der Waals surface area contributed by atoms with Crippen molar-refractivity contribution in [2.24, 2.45) is 0 Å². The molecule has 0 bridgehead atoms. The van der Waals surface area contributed by atoms with E-state index in [-0.39, 0.29) is 6.10 Å². The summed E-state index contributed by atoms with van der Waals surface area (Å²) in [4.78, 5) is 0. The van der Waals surface area contributed by atoms with Gasteiger partial charge in [-0.05, 0) is 24.2 Å². The van der Waals surface area contributed by atoms with Crippen molar-refractivity contribution in [1.82, 2.24) is 0 Å². The zero-order chi connectivity index (χ0) is 17.3. The number of ether oxygens (including phenoxy) is 1. The third-order valence-electron chi connectivity index (χ3n) is 5.25. The van der Waals surface area contributed by atoms with Gasteiger partial charge < -0.3 is 9.16 Å². The Morgan fingerprint density at radius 3 is 2.12 bits per heavy atom. The Kier molecular flexibility index (Phi) is 8.33. The largest absolute Gasteiger partial charge is 0.493 e. The fourth-order valence-electron chi connectivity index (χ4n) is 3.78. The molecule has 0 radical (unpaired) electrons. The quantitative estimate of drug-likeness (QED) is 0.406. The molecular weight excluding hydrogens is 312 g/mol. The molecule has 1 atom stereocenters. The van der Waals surface area contributed by atoms with Gasteiger partial charge in [-0.25, -0.2) is 0 Å². The summed E-state index contributed by atoms with van der Waals surface area (Å²) in [7, 11) is -1.67. The maximum absolute atomic E-state index is 7.07. The number of para-hydroxylation sites is 1. The zero-order valence-corrected chi connectivity index (χ0v) is 17.0. The number of rotatable bonds is 11. The molecule has 1 heterocycles. The predicted molar refractivity (Wildman–Crippen MR) is 105 cm³/mol. The van der Waals surface area contributed by atoms with Crippen LogP contribution in [0.15, 0.2) is 24.3 Å². The first-order chi connectivity index (χ1) is 11.7. The standard InChI is InChI=1S/C21H36O2Si/c1-4-7-16-24(17-8-5-2,18-9-6-3)23-21-14-15-22-20-13-11-10-12-19(20)21/h10-13,21H,4-9,14-18H2,1-3H3/t21-/m0/s1. The minimum Gasteiger partial charge on any atom is -0.493 e. The van der Waals surface area contributed by atoms with Crippen LogP contribution in [0.3, 0.4) is 0 Å². The summed E-state index contributed by atoms with van der Waals surface area (Å²) < 4.78 is 12.9. The minimum absolute atomic E-state index is 0.257. The van der Waals surface area contributed by atoms with E-state index in [1.807, 2.05) is 0 Å². The molecule has 3 heteroatoms. The van der Waals surface area contributed by atoms with E-state index in [9.17, 15) is 0 Å². The van der Waals surface area contributed by atoms with E-state index in [1.165, 1.54) is 62.2 Å². The van der Waals surface area contributed by atoms with Gasteiger partial charge in [0.2, 0.25) is 0 Å².